The van der Waals surface area contributed by atoms with Crippen LogP contribution in [0.4, 0.5) is 0 Å². The standard InChI is InChI=1S/C19H21N/c1-4-18-17(6-5-7-19(18)14(2)3)12-15-8-10-16(13-20)11-9-15/h5-11,14H,4,12H2,1-3H3. The molecular weight excluding hydrogens is 242 g/mol. The van der Waals surface area contributed by atoms with Crippen LogP contribution in [0.5, 0.6) is 0 Å². The Morgan fingerprint density at radius 1 is 1.05 bits per heavy atom. The first-order valence-electron chi connectivity index (χ1n) is 7.25. The average molecular weight is 263 g/mol. The minimum Gasteiger partial charge on any atom is -0.192 e. The number of hydrogen-bond donors (Lipinski definition) is 0. The van der Waals surface area contributed by atoms with Crippen molar-refractivity contribution < 1.29 is 0 Å². The van der Waals surface area contributed by atoms with E-state index in [2.05, 4.69) is 57.2 Å². The van der Waals surface area contributed by atoms with Gasteiger partial charge in [-0.2, -0.15) is 5.26 Å². The number of nitriles is 1. The van der Waals surface area contributed by atoms with E-state index >= 15 is 0 Å². The molecule has 0 bridgehead atoms. The molecule has 1 heteroatoms. The van der Waals surface area contributed by atoms with Crippen LogP contribution in [0.1, 0.15) is 54.5 Å². The van der Waals surface area contributed by atoms with Crippen molar-refractivity contribution in [3.63, 3.8) is 0 Å². The highest BCUT2D eigenvalue weighted by Gasteiger charge is 2.10. The molecule has 0 atom stereocenters. The molecule has 0 N–H and O–H groups in total. The average Bonchev–Trinajstić information content (AvgIpc) is 2.47. The summed E-state index contributed by atoms with van der Waals surface area (Å²) in [6, 6.07) is 16.7. The van der Waals surface area contributed by atoms with Crippen LogP contribution in [-0.2, 0) is 12.8 Å². The second-order valence-electron chi connectivity index (χ2n) is 5.48. The molecule has 0 aliphatic heterocycles. The first-order chi connectivity index (χ1) is 9.65. The summed E-state index contributed by atoms with van der Waals surface area (Å²) in [4.78, 5) is 0. The molecule has 1 nitrogen and oxygen atoms in total. The number of benzene rings is 2. The Hall–Kier alpha value is -2.07. The highest BCUT2D eigenvalue weighted by atomic mass is 14.2. The van der Waals surface area contributed by atoms with Gasteiger partial charge in [-0.3, -0.25) is 0 Å². The number of hydrogen-bond acceptors (Lipinski definition) is 1. The van der Waals surface area contributed by atoms with E-state index < -0.39 is 0 Å². The molecule has 0 amide bonds. The summed E-state index contributed by atoms with van der Waals surface area (Å²) in [5.41, 5.74) is 6.33. The molecule has 0 heterocycles. The van der Waals surface area contributed by atoms with Crippen molar-refractivity contribution in [2.24, 2.45) is 0 Å². The van der Waals surface area contributed by atoms with E-state index in [4.69, 9.17) is 5.26 Å². The van der Waals surface area contributed by atoms with Gasteiger partial charge in [-0.05, 0) is 53.1 Å². The lowest BCUT2D eigenvalue weighted by molar-refractivity contribution is 0.837. The maximum absolute atomic E-state index is 8.85. The molecule has 0 unspecified atom stereocenters. The lowest BCUT2D eigenvalue weighted by Crippen LogP contribution is -2.01. The molecule has 2 aromatic carbocycles. The van der Waals surface area contributed by atoms with E-state index in [0.717, 1.165) is 18.4 Å². The Kier molecular flexibility index (Phi) is 4.58. The molecule has 0 aliphatic rings. The molecule has 0 aliphatic carbocycles. The normalized spacial score (nSPS) is 10.6. The largest absolute Gasteiger partial charge is 0.192 e. The zero-order chi connectivity index (χ0) is 14.5. The van der Waals surface area contributed by atoms with Crippen LogP contribution < -0.4 is 0 Å². The van der Waals surface area contributed by atoms with Crippen LogP contribution in [0, 0.1) is 11.3 Å². The van der Waals surface area contributed by atoms with Gasteiger partial charge in [-0.15, -0.1) is 0 Å². The molecule has 2 aromatic rings. The third kappa shape index (κ3) is 3.08. The summed E-state index contributed by atoms with van der Waals surface area (Å²) in [6.45, 7) is 6.73. The zero-order valence-corrected chi connectivity index (χ0v) is 12.5. The topological polar surface area (TPSA) is 23.8 Å². The SMILES string of the molecule is CCc1c(Cc2ccc(C#N)cc2)cccc1C(C)C. The summed E-state index contributed by atoms with van der Waals surface area (Å²) < 4.78 is 0. The Bertz CT molecular complexity index is 615. The quantitative estimate of drug-likeness (QED) is 0.774. The van der Waals surface area contributed by atoms with Crippen LogP contribution in [0.3, 0.4) is 0 Å². The predicted octanol–water partition coefficient (Wildman–Crippen LogP) is 4.83. The van der Waals surface area contributed by atoms with E-state index in [9.17, 15) is 0 Å². The van der Waals surface area contributed by atoms with E-state index in [1.54, 1.807) is 0 Å². The van der Waals surface area contributed by atoms with Crippen LogP contribution in [0.15, 0.2) is 42.5 Å². The van der Waals surface area contributed by atoms with Crippen molar-refractivity contribution in [3.8, 4) is 6.07 Å². The molecule has 0 aromatic heterocycles. The zero-order valence-electron chi connectivity index (χ0n) is 12.5. The summed E-state index contributed by atoms with van der Waals surface area (Å²) in [5, 5.41) is 8.85. The van der Waals surface area contributed by atoms with Crippen molar-refractivity contribution in [2.45, 2.75) is 39.5 Å². The van der Waals surface area contributed by atoms with E-state index in [-0.39, 0.29) is 0 Å². The van der Waals surface area contributed by atoms with Gasteiger partial charge in [-0.25, -0.2) is 0 Å². The Balaban J connectivity index is 2.33. The first kappa shape index (κ1) is 14.3. The Morgan fingerprint density at radius 3 is 2.30 bits per heavy atom. The molecule has 2 rings (SSSR count). The van der Waals surface area contributed by atoms with E-state index in [1.807, 2.05) is 12.1 Å². The van der Waals surface area contributed by atoms with Crippen molar-refractivity contribution in [1.29, 1.82) is 5.26 Å². The summed E-state index contributed by atoms with van der Waals surface area (Å²) >= 11 is 0. The molecular formula is C19H21N. The molecule has 0 spiro atoms. The van der Waals surface area contributed by atoms with Gasteiger partial charge in [-0.1, -0.05) is 51.1 Å². The van der Waals surface area contributed by atoms with E-state index in [1.165, 1.54) is 22.3 Å². The second-order valence-corrected chi connectivity index (χ2v) is 5.48. The maximum Gasteiger partial charge on any atom is 0.0991 e. The van der Waals surface area contributed by atoms with Gasteiger partial charge in [0.1, 0.15) is 0 Å². The van der Waals surface area contributed by atoms with Crippen molar-refractivity contribution in [1.82, 2.24) is 0 Å². The van der Waals surface area contributed by atoms with Crippen LogP contribution in [-0.4, -0.2) is 0 Å². The van der Waals surface area contributed by atoms with Crippen molar-refractivity contribution in [3.05, 3.63) is 70.3 Å². The monoisotopic (exact) mass is 263 g/mol. The predicted molar refractivity (Wildman–Crippen MR) is 83.9 cm³/mol. The fourth-order valence-electron chi connectivity index (χ4n) is 2.71. The number of nitrogens with zero attached hydrogens (tertiary/aromatic N) is 1. The Labute approximate surface area is 121 Å². The molecule has 20 heavy (non-hydrogen) atoms. The summed E-state index contributed by atoms with van der Waals surface area (Å²) in [6.07, 6.45) is 2.01. The lowest BCUT2D eigenvalue weighted by Gasteiger charge is -2.16. The van der Waals surface area contributed by atoms with Crippen molar-refractivity contribution >= 4 is 0 Å². The Morgan fingerprint density at radius 2 is 1.75 bits per heavy atom. The maximum atomic E-state index is 8.85. The molecule has 102 valence electrons. The summed E-state index contributed by atoms with van der Waals surface area (Å²) in [5.74, 6) is 0.561. The molecule has 0 saturated carbocycles. The first-order valence-corrected chi connectivity index (χ1v) is 7.25. The minimum atomic E-state index is 0.561. The molecule has 0 saturated heterocycles. The highest BCUT2D eigenvalue weighted by Crippen LogP contribution is 2.25. The smallest absolute Gasteiger partial charge is 0.0991 e. The fourth-order valence-corrected chi connectivity index (χ4v) is 2.71. The third-order valence-corrected chi connectivity index (χ3v) is 3.76. The van der Waals surface area contributed by atoms with Gasteiger partial charge in [0.2, 0.25) is 0 Å². The molecule has 0 fully saturated rings. The number of rotatable bonds is 4. The van der Waals surface area contributed by atoms with Gasteiger partial charge in [0.25, 0.3) is 0 Å². The second kappa shape index (κ2) is 6.39. The van der Waals surface area contributed by atoms with Gasteiger partial charge in [0.05, 0.1) is 11.6 Å². The van der Waals surface area contributed by atoms with Crippen LogP contribution >= 0.6 is 0 Å². The molecule has 0 radical (unpaired) electrons. The minimum absolute atomic E-state index is 0.561. The van der Waals surface area contributed by atoms with Crippen molar-refractivity contribution in [2.75, 3.05) is 0 Å². The van der Waals surface area contributed by atoms with Gasteiger partial charge >= 0.3 is 0 Å². The summed E-state index contributed by atoms with van der Waals surface area (Å²) in [7, 11) is 0. The van der Waals surface area contributed by atoms with Gasteiger partial charge in [0, 0.05) is 0 Å². The fraction of sp³-hybridized carbons (Fsp3) is 0.316. The highest BCUT2D eigenvalue weighted by molar-refractivity contribution is 5.41. The lowest BCUT2D eigenvalue weighted by atomic mass is 9.89. The third-order valence-electron chi connectivity index (χ3n) is 3.76. The van der Waals surface area contributed by atoms with E-state index in [0.29, 0.717) is 5.92 Å². The van der Waals surface area contributed by atoms with Gasteiger partial charge < -0.3 is 0 Å². The van der Waals surface area contributed by atoms with Gasteiger partial charge in [0.15, 0.2) is 0 Å². The van der Waals surface area contributed by atoms with Crippen LogP contribution in [0.2, 0.25) is 0 Å². The van der Waals surface area contributed by atoms with Crippen LogP contribution in [0.25, 0.3) is 0 Å².